The zero-order valence-electron chi connectivity index (χ0n) is 11.6. The Bertz CT molecular complexity index is 665. The fourth-order valence-corrected chi connectivity index (χ4v) is 3.48. The number of hydrogen-bond donors (Lipinski definition) is 1. The molecule has 0 radical (unpaired) electrons. The molecule has 0 aliphatic heterocycles. The number of aliphatic hydroxyl groups excluding tert-OH is 1. The van der Waals surface area contributed by atoms with E-state index < -0.39 is 26.0 Å². The van der Waals surface area contributed by atoms with Crippen LogP contribution < -0.4 is 0 Å². The quantitative estimate of drug-likeness (QED) is 0.819. The Hall–Kier alpha value is -0.960. The number of nitrogens with zero attached hydrogens (tertiary/aromatic N) is 1. The van der Waals surface area contributed by atoms with Crippen molar-refractivity contribution in [1.82, 2.24) is 4.31 Å². The maximum atomic E-state index is 12.3. The van der Waals surface area contributed by atoms with Gasteiger partial charge in [-0.15, -0.1) is 0 Å². The molecule has 6 nitrogen and oxygen atoms in total. The summed E-state index contributed by atoms with van der Waals surface area (Å²) in [6.45, 7) is 1.43. The van der Waals surface area contributed by atoms with Crippen LogP contribution in [0.15, 0.2) is 29.2 Å². The summed E-state index contributed by atoms with van der Waals surface area (Å²) in [5, 5.41) is 9.47. The first kappa shape index (κ1) is 17.1. The van der Waals surface area contributed by atoms with Crippen LogP contribution in [0.25, 0.3) is 0 Å². The number of sulfone groups is 1. The van der Waals surface area contributed by atoms with Crippen molar-refractivity contribution >= 4 is 19.9 Å². The third-order valence-corrected chi connectivity index (χ3v) is 5.60. The molecule has 114 valence electrons. The maximum Gasteiger partial charge on any atom is 0.242 e. The molecule has 1 aromatic carbocycles. The molecular formula is C12H19NO5S2. The van der Waals surface area contributed by atoms with E-state index in [9.17, 15) is 21.9 Å². The van der Waals surface area contributed by atoms with Gasteiger partial charge in [0, 0.05) is 19.8 Å². The molecular weight excluding hydrogens is 302 g/mol. The standard InChI is InChI=1S/C12H19NO5S2/c1-10(14)11-5-4-6-12(9-11)20(17,18)13(2)7-8-19(3,15)16/h4-6,9-10,14H,7-8H2,1-3H3. The molecule has 0 aliphatic rings. The topological polar surface area (TPSA) is 91.8 Å². The molecule has 20 heavy (non-hydrogen) atoms. The van der Waals surface area contributed by atoms with E-state index in [1.807, 2.05) is 0 Å². The van der Waals surface area contributed by atoms with Crippen molar-refractivity contribution in [2.45, 2.75) is 17.9 Å². The molecule has 0 amide bonds. The van der Waals surface area contributed by atoms with Crippen LogP contribution in [0.5, 0.6) is 0 Å². The Balaban J connectivity index is 3.01. The average Bonchev–Trinajstić information content (AvgIpc) is 2.35. The van der Waals surface area contributed by atoms with Gasteiger partial charge in [0.2, 0.25) is 10.0 Å². The van der Waals surface area contributed by atoms with Gasteiger partial charge >= 0.3 is 0 Å². The molecule has 0 spiro atoms. The highest BCUT2D eigenvalue weighted by Crippen LogP contribution is 2.19. The Kier molecular flexibility index (Phi) is 5.31. The van der Waals surface area contributed by atoms with Gasteiger partial charge in [0.05, 0.1) is 16.8 Å². The van der Waals surface area contributed by atoms with Crippen LogP contribution in [0.2, 0.25) is 0 Å². The number of aliphatic hydroxyl groups is 1. The number of sulfonamides is 1. The zero-order chi connectivity index (χ0) is 15.6. The van der Waals surface area contributed by atoms with Crippen molar-refractivity contribution in [3.8, 4) is 0 Å². The second kappa shape index (κ2) is 6.21. The Morgan fingerprint density at radius 2 is 1.85 bits per heavy atom. The fourth-order valence-electron chi connectivity index (χ4n) is 1.53. The van der Waals surface area contributed by atoms with Crippen molar-refractivity contribution in [1.29, 1.82) is 0 Å². The third-order valence-electron chi connectivity index (χ3n) is 2.83. The molecule has 1 unspecified atom stereocenters. The summed E-state index contributed by atoms with van der Waals surface area (Å²) in [6, 6.07) is 5.97. The Labute approximate surface area is 120 Å². The molecule has 0 saturated carbocycles. The van der Waals surface area contributed by atoms with E-state index in [0.29, 0.717) is 5.56 Å². The summed E-state index contributed by atoms with van der Waals surface area (Å²) in [6.07, 6.45) is 0.285. The van der Waals surface area contributed by atoms with Crippen molar-refractivity contribution in [3.05, 3.63) is 29.8 Å². The van der Waals surface area contributed by atoms with Crippen LogP contribution in [0.4, 0.5) is 0 Å². The van der Waals surface area contributed by atoms with E-state index >= 15 is 0 Å². The highest BCUT2D eigenvalue weighted by atomic mass is 32.2. The lowest BCUT2D eigenvalue weighted by molar-refractivity contribution is 0.199. The SMILES string of the molecule is CC(O)c1cccc(S(=O)(=O)N(C)CCS(C)(=O)=O)c1. The van der Waals surface area contributed by atoms with E-state index in [-0.39, 0.29) is 17.2 Å². The zero-order valence-corrected chi connectivity index (χ0v) is 13.3. The van der Waals surface area contributed by atoms with Crippen LogP contribution in [-0.2, 0) is 19.9 Å². The van der Waals surface area contributed by atoms with E-state index in [0.717, 1.165) is 10.6 Å². The lowest BCUT2D eigenvalue weighted by Gasteiger charge is -2.17. The van der Waals surface area contributed by atoms with Crippen LogP contribution in [-0.4, -0.2) is 51.8 Å². The second-order valence-corrected chi connectivity index (χ2v) is 9.01. The lowest BCUT2D eigenvalue weighted by Crippen LogP contribution is -2.31. The number of benzene rings is 1. The molecule has 0 fully saturated rings. The summed E-state index contributed by atoms with van der Waals surface area (Å²) in [7, 11) is -5.66. The smallest absolute Gasteiger partial charge is 0.242 e. The minimum Gasteiger partial charge on any atom is -0.389 e. The Morgan fingerprint density at radius 3 is 2.35 bits per heavy atom. The fraction of sp³-hybridized carbons (Fsp3) is 0.500. The lowest BCUT2D eigenvalue weighted by atomic mass is 10.1. The maximum absolute atomic E-state index is 12.3. The first-order valence-corrected chi connectivity index (χ1v) is 9.46. The van der Waals surface area contributed by atoms with Gasteiger partial charge in [-0.3, -0.25) is 0 Å². The van der Waals surface area contributed by atoms with Crippen LogP contribution in [0, 0.1) is 0 Å². The normalized spacial score (nSPS) is 14.4. The Morgan fingerprint density at radius 1 is 1.25 bits per heavy atom. The van der Waals surface area contributed by atoms with Gasteiger partial charge in [0.15, 0.2) is 0 Å². The molecule has 0 aliphatic carbocycles. The van der Waals surface area contributed by atoms with Gasteiger partial charge in [-0.05, 0) is 24.6 Å². The molecule has 1 aromatic rings. The van der Waals surface area contributed by atoms with Crippen LogP contribution >= 0.6 is 0 Å². The molecule has 1 atom stereocenters. The highest BCUT2D eigenvalue weighted by molar-refractivity contribution is 7.91. The molecule has 0 saturated heterocycles. The predicted molar refractivity (Wildman–Crippen MR) is 76.6 cm³/mol. The highest BCUT2D eigenvalue weighted by Gasteiger charge is 2.22. The molecule has 0 aromatic heterocycles. The van der Waals surface area contributed by atoms with Crippen molar-refractivity contribution in [2.24, 2.45) is 0 Å². The number of rotatable bonds is 6. The van der Waals surface area contributed by atoms with Gasteiger partial charge in [-0.25, -0.2) is 16.8 Å². The summed E-state index contributed by atoms with van der Waals surface area (Å²) in [5.74, 6) is -0.237. The van der Waals surface area contributed by atoms with E-state index in [1.54, 1.807) is 19.1 Å². The average molecular weight is 321 g/mol. The van der Waals surface area contributed by atoms with Crippen LogP contribution in [0.1, 0.15) is 18.6 Å². The summed E-state index contributed by atoms with van der Waals surface area (Å²) in [4.78, 5) is 0.0342. The van der Waals surface area contributed by atoms with Gasteiger partial charge < -0.3 is 5.11 Å². The van der Waals surface area contributed by atoms with E-state index in [1.165, 1.54) is 19.2 Å². The van der Waals surface area contributed by atoms with Gasteiger partial charge in [-0.2, -0.15) is 4.31 Å². The van der Waals surface area contributed by atoms with Crippen molar-refractivity contribution < 1.29 is 21.9 Å². The molecule has 8 heteroatoms. The number of hydrogen-bond acceptors (Lipinski definition) is 5. The van der Waals surface area contributed by atoms with Crippen molar-refractivity contribution in [2.75, 3.05) is 25.6 Å². The molecule has 1 N–H and O–H groups in total. The first-order chi connectivity index (χ1) is 9.04. The molecule has 1 rings (SSSR count). The molecule has 0 bridgehead atoms. The molecule has 0 heterocycles. The summed E-state index contributed by atoms with van der Waals surface area (Å²) in [5.41, 5.74) is 0.489. The minimum absolute atomic E-state index is 0.0342. The summed E-state index contributed by atoms with van der Waals surface area (Å²) >= 11 is 0. The summed E-state index contributed by atoms with van der Waals surface area (Å²) < 4.78 is 47.7. The van der Waals surface area contributed by atoms with E-state index in [4.69, 9.17) is 0 Å². The van der Waals surface area contributed by atoms with Gasteiger partial charge in [-0.1, -0.05) is 12.1 Å². The minimum atomic E-state index is -3.76. The largest absolute Gasteiger partial charge is 0.389 e. The monoisotopic (exact) mass is 321 g/mol. The third kappa shape index (κ3) is 4.55. The van der Waals surface area contributed by atoms with Gasteiger partial charge in [0.25, 0.3) is 0 Å². The second-order valence-electron chi connectivity index (χ2n) is 4.70. The predicted octanol–water partition coefficient (Wildman–Crippen LogP) is 0.405. The van der Waals surface area contributed by atoms with Gasteiger partial charge in [0.1, 0.15) is 9.84 Å². The van der Waals surface area contributed by atoms with Crippen molar-refractivity contribution in [3.63, 3.8) is 0 Å². The van der Waals surface area contributed by atoms with Crippen LogP contribution in [0.3, 0.4) is 0 Å². The first-order valence-electron chi connectivity index (χ1n) is 5.96. The van der Waals surface area contributed by atoms with E-state index in [2.05, 4.69) is 0 Å².